The van der Waals surface area contributed by atoms with Gasteiger partial charge in [-0.3, -0.25) is 0 Å². The standard InChI is InChI=1S/C18H24ClNO/c1-5-12-20-17(15-10-11-16(19)21-15)13-6-8-14(9-7-13)18(2,3)4/h6-11,17,20H,5,12H2,1-4H3. The molecule has 3 heteroatoms. The molecule has 0 aliphatic rings. The minimum atomic E-state index is 0.0477. The summed E-state index contributed by atoms with van der Waals surface area (Å²) in [5.41, 5.74) is 2.69. The maximum Gasteiger partial charge on any atom is 0.193 e. The molecule has 1 atom stereocenters. The highest BCUT2D eigenvalue weighted by Gasteiger charge is 2.19. The van der Waals surface area contributed by atoms with E-state index in [2.05, 4.69) is 57.3 Å². The molecule has 1 N–H and O–H groups in total. The van der Waals surface area contributed by atoms with Crippen LogP contribution in [-0.4, -0.2) is 6.54 Å². The van der Waals surface area contributed by atoms with E-state index in [0.29, 0.717) is 5.22 Å². The number of hydrogen-bond acceptors (Lipinski definition) is 2. The predicted octanol–water partition coefficient (Wildman–Crippen LogP) is 5.32. The smallest absolute Gasteiger partial charge is 0.193 e. The van der Waals surface area contributed by atoms with Crippen molar-refractivity contribution >= 4 is 11.6 Å². The first-order valence-electron chi connectivity index (χ1n) is 7.51. The predicted molar refractivity (Wildman–Crippen MR) is 89.0 cm³/mol. The normalized spacial score (nSPS) is 13.4. The van der Waals surface area contributed by atoms with Crippen molar-refractivity contribution in [3.05, 3.63) is 58.5 Å². The van der Waals surface area contributed by atoms with Gasteiger partial charge in [-0.15, -0.1) is 0 Å². The van der Waals surface area contributed by atoms with Gasteiger partial charge in [0.1, 0.15) is 5.76 Å². The van der Waals surface area contributed by atoms with E-state index in [-0.39, 0.29) is 11.5 Å². The summed E-state index contributed by atoms with van der Waals surface area (Å²) in [6.45, 7) is 9.76. The summed E-state index contributed by atoms with van der Waals surface area (Å²) in [4.78, 5) is 0. The Morgan fingerprint density at radius 2 is 1.76 bits per heavy atom. The first-order chi connectivity index (χ1) is 9.91. The Kier molecular flexibility index (Phi) is 5.13. The highest BCUT2D eigenvalue weighted by atomic mass is 35.5. The van der Waals surface area contributed by atoms with Crippen molar-refractivity contribution in [2.24, 2.45) is 0 Å². The van der Waals surface area contributed by atoms with Crippen LogP contribution < -0.4 is 5.32 Å². The molecule has 2 aromatic rings. The molecule has 21 heavy (non-hydrogen) atoms. The molecule has 0 fully saturated rings. The van der Waals surface area contributed by atoms with Crippen LogP contribution in [-0.2, 0) is 5.41 Å². The summed E-state index contributed by atoms with van der Waals surface area (Å²) >= 11 is 5.92. The maximum atomic E-state index is 5.92. The number of hydrogen-bond donors (Lipinski definition) is 1. The lowest BCUT2D eigenvalue weighted by Crippen LogP contribution is -2.23. The average Bonchev–Trinajstić information content (AvgIpc) is 2.85. The van der Waals surface area contributed by atoms with E-state index < -0.39 is 0 Å². The van der Waals surface area contributed by atoms with E-state index >= 15 is 0 Å². The molecule has 1 heterocycles. The Bertz CT molecular complexity index is 566. The Hall–Kier alpha value is -1.25. The number of nitrogens with one attached hydrogen (secondary N) is 1. The molecule has 0 saturated heterocycles. The fraction of sp³-hybridized carbons (Fsp3) is 0.444. The molecule has 1 aromatic carbocycles. The summed E-state index contributed by atoms with van der Waals surface area (Å²) < 4.78 is 5.60. The fourth-order valence-corrected chi connectivity index (χ4v) is 2.48. The maximum absolute atomic E-state index is 5.92. The van der Waals surface area contributed by atoms with Crippen LogP contribution in [0.1, 0.15) is 57.0 Å². The summed E-state index contributed by atoms with van der Waals surface area (Å²) in [5.74, 6) is 0.858. The highest BCUT2D eigenvalue weighted by Crippen LogP contribution is 2.28. The number of benzene rings is 1. The van der Waals surface area contributed by atoms with Crippen molar-refractivity contribution in [1.82, 2.24) is 5.32 Å². The van der Waals surface area contributed by atoms with E-state index in [0.717, 1.165) is 18.7 Å². The van der Waals surface area contributed by atoms with Crippen LogP contribution in [0.3, 0.4) is 0 Å². The molecule has 2 nitrogen and oxygen atoms in total. The van der Waals surface area contributed by atoms with Gasteiger partial charge in [-0.05, 0) is 53.2 Å². The van der Waals surface area contributed by atoms with E-state index in [1.807, 2.05) is 6.07 Å². The van der Waals surface area contributed by atoms with Gasteiger partial charge in [0.05, 0.1) is 6.04 Å². The first kappa shape index (κ1) is 16.1. The highest BCUT2D eigenvalue weighted by molar-refractivity contribution is 6.28. The third-order valence-corrected chi connectivity index (χ3v) is 3.79. The van der Waals surface area contributed by atoms with E-state index in [4.69, 9.17) is 16.0 Å². The quantitative estimate of drug-likeness (QED) is 0.808. The van der Waals surface area contributed by atoms with Crippen LogP contribution in [0.2, 0.25) is 5.22 Å². The average molecular weight is 306 g/mol. The summed E-state index contributed by atoms with van der Waals surface area (Å²) in [5, 5.41) is 3.95. The van der Waals surface area contributed by atoms with Gasteiger partial charge in [-0.1, -0.05) is 52.0 Å². The second kappa shape index (κ2) is 6.67. The third-order valence-electron chi connectivity index (χ3n) is 3.59. The lowest BCUT2D eigenvalue weighted by Gasteiger charge is -2.21. The van der Waals surface area contributed by atoms with Crippen molar-refractivity contribution in [2.45, 2.75) is 45.6 Å². The molecule has 1 unspecified atom stereocenters. The monoisotopic (exact) mass is 305 g/mol. The summed E-state index contributed by atoms with van der Waals surface area (Å²) in [6.07, 6.45) is 1.07. The van der Waals surface area contributed by atoms with Gasteiger partial charge in [-0.2, -0.15) is 0 Å². The van der Waals surface area contributed by atoms with Crippen molar-refractivity contribution in [3.8, 4) is 0 Å². The SMILES string of the molecule is CCCNC(c1ccc(C(C)(C)C)cc1)c1ccc(Cl)o1. The number of halogens is 1. The van der Waals surface area contributed by atoms with Crippen LogP contribution in [0.5, 0.6) is 0 Å². The van der Waals surface area contributed by atoms with Gasteiger partial charge < -0.3 is 9.73 Å². The van der Waals surface area contributed by atoms with Crippen LogP contribution in [0, 0.1) is 0 Å². The van der Waals surface area contributed by atoms with Gasteiger partial charge in [0.2, 0.25) is 0 Å². The van der Waals surface area contributed by atoms with Crippen molar-refractivity contribution < 1.29 is 4.42 Å². The van der Waals surface area contributed by atoms with E-state index in [9.17, 15) is 0 Å². The van der Waals surface area contributed by atoms with Gasteiger partial charge >= 0.3 is 0 Å². The van der Waals surface area contributed by atoms with Crippen LogP contribution in [0.15, 0.2) is 40.8 Å². The first-order valence-corrected chi connectivity index (χ1v) is 7.88. The number of furan rings is 1. The summed E-state index contributed by atoms with van der Waals surface area (Å²) in [6, 6.07) is 12.5. The van der Waals surface area contributed by atoms with Gasteiger partial charge in [0.15, 0.2) is 5.22 Å². The van der Waals surface area contributed by atoms with Crippen LogP contribution >= 0.6 is 11.6 Å². The molecule has 0 amide bonds. The molecule has 0 bridgehead atoms. The zero-order valence-electron chi connectivity index (χ0n) is 13.2. The molecule has 0 aliphatic heterocycles. The van der Waals surface area contributed by atoms with Gasteiger partial charge in [0.25, 0.3) is 0 Å². The van der Waals surface area contributed by atoms with E-state index in [1.165, 1.54) is 11.1 Å². The molecular formula is C18H24ClNO. The van der Waals surface area contributed by atoms with Crippen LogP contribution in [0.25, 0.3) is 0 Å². The molecular weight excluding hydrogens is 282 g/mol. The van der Waals surface area contributed by atoms with Crippen molar-refractivity contribution in [3.63, 3.8) is 0 Å². The number of rotatable bonds is 5. The minimum absolute atomic E-state index is 0.0477. The van der Waals surface area contributed by atoms with Crippen molar-refractivity contribution in [1.29, 1.82) is 0 Å². The molecule has 0 aliphatic carbocycles. The fourth-order valence-electron chi connectivity index (χ4n) is 2.33. The van der Waals surface area contributed by atoms with Crippen LogP contribution in [0.4, 0.5) is 0 Å². The molecule has 0 radical (unpaired) electrons. The Morgan fingerprint density at radius 3 is 2.24 bits per heavy atom. The molecule has 2 rings (SSSR count). The largest absolute Gasteiger partial charge is 0.448 e. The molecule has 0 saturated carbocycles. The second-order valence-electron chi connectivity index (χ2n) is 6.40. The molecule has 0 spiro atoms. The lowest BCUT2D eigenvalue weighted by atomic mass is 9.86. The summed E-state index contributed by atoms with van der Waals surface area (Å²) in [7, 11) is 0. The molecule has 114 valence electrons. The zero-order chi connectivity index (χ0) is 15.5. The lowest BCUT2D eigenvalue weighted by molar-refractivity contribution is 0.447. The van der Waals surface area contributed by atoms with E-state index in [1.54, 1.807) is 6.07 Å². The Labute approximate surface area is 132 Å². The van der Waals surface area contributed by atoms with Gasteiger partial charge in [0, 0.05) is 0 Å². The Morgan fingerprint density at radius 1 is 1.10 bits per heavy atom. The third kappa shape index (κ3) is 4.12. The molecule has 1 aromatic heterocycles. The zero-order valence-corrected chi connectivity index (χ0v) is 14.0. The van der Waals surface area contributed by atoms with Crippen molar-refractivity contribution in [2.75, 3.05) is 6.54 Å². The topological polar surface area (TPSA) is 25.2 Å². The minimum Gasteiger partial charge on any atom is -0.448 e. The Balaban J connectivity index is 2.28. The van der Waals surface area contributed by atoms with Gasteiger partial charge in [-0.25, -0.2) is 0 Å². The second-order valence-corrected chi connectivity index (χ2v) is 6.77.